The minimum Gasteiger partial charge on any atom is -0.490 e. The van der Waals surface area contributed by atoms with Gasteiger partial charge in [-0.15, -0.1) is 0 Å². The number of nitrogens with zero attached hydrogens (tertiary/aromatic N) is 2. The molecule has 12 heteroatoms. The van der Waals surface area contributed by atoms with Gasteiger partial charge in [0.1, 0.15) is 5.75 Å². The Morgan fingerprint density at radius 3 is 2.44 bits per heavy atom. The number of hydrogen-bond donors (Lipinski definition) is 3. The van der Waals surface area contributed by atoms with E-state index in [4.69, 9.17) is 9.47 Å². The van der Waals surface area contributed by atoms with E-state index in [0.29, 0.717) is 24.5 Å². The van der Waals surface area contributed by atoms with Gasteiger partial charge in [0, 0.05) is 44.4 Å². The molecule has 2 aromatic rings. The molecule has 11 nitrogen and oxygen atoms in total. The van der Waals surface area contributed by atoms with E-state index in [2.05, 4.69) is 10.6 Å². The monoisotopic (exact) mass is 646 g/mol. The van der Waals surface area contributed by atoms with Gasteiger partial charge in [0.2, 0.25) is 10.0 Å². The second-order valence-electron chi connectivity index (χ2n) is 12.4. The number of ether oxygens (including phenoxy) is 2. The molecular weight excluding hydrogens is 596 g/mol. The van der Waals surface area contributed by atoms with Crippen molar-refractivity contribution >= 4 is 27.6 Å². The number of carbonyl (C=O) groups is 2. The topological polar surface area (TPSA) is 138 Å². The average Bonchev–Trinajstić information content (AvgIpc) is 2.98. The maximum Gasteiger partial charge on any atom is 0.319 e. The first-order valence-corrected chi connectivity index (χ1v) is 17.1. The predicted octanol–water partition coefficient (Wildman–Crippen LogP) is 4.64. The van der Waals surface area contributed by atoms with Crippen molar-refractivity contribution in [3.05, 3.63) is 53.6 Å². The van der Waals surface area contributed by atoms with Crippen molar-refractivity contribution in [1.29, 1.82) is 0 Å². The number of nitrogens with one attached hydrogen (secondary N) is 2. The smallest absolute Gasteiger partial charge is 0.319 e. The normalized spacial score (nSPS) is 21.1. The number of fused-ring (bicyclic) bond motifs is 1. The third-order valence-electron chi connectivity index (χ3n) is 7.90. The second-order valence-corrected chi connectivity index (χ2v) is 14.4. The highest BCUT2D eigenvalue weighted by atomic mass is 32.2. The van der Waals surface area contributed by atoms with Gasteiger partial charge in [-0.05, 0) is 84.2 Å². The molecule has 45 heavy (non-hydrogen) atoms. The van der Waals surface area contributed by atoms with Crippen molar-refractivity contribution in [3.63, 3.8) is 0 Å². The Morgan fingerprint density at radius 2 is 1.80 bits per heavy atom. The molecule has 0 saturated carbocycles. The van der Waals surface area contributed by atoms with Gasteiger partial charge in [-0.3, -0.25) is 4.79 Å². The summed E-state index contributed by atoms with van der Waals surface area (Å²) in [6, 6.07) is 10.7. The van der Waals surface area contributed by atoms with Gasteiger partial charge in [0.15, 0.2) is 0 Å². The molecule has 4 atom stereocenters. The van der Waals surface area contributed by atoms with Crippen LogP contribution in [0.3, 0.4) is 0 Å². The molecule has 3 N–H and O–H groups in total. The van der Waals surface area contributed by atoms with Crippen LogP contribution >= 0.6 is 0 Å². The Balaban J connectivity index is 1.96. The molecule has 3 amide bonds. The van der Waals surface area contributed by atoms with E-state index in [0.717, 1.165) is 18.4 Å². The van der Waals surface area contributed by atoms with Crippen LogP contribution in [0.1, 0.15) is 69.8 Å². The van der Waals surface area contributed by atoms with Crippen LogP contribution in [0.2, 0.25) is 0 Å². The molecular formula is C33H50N4O7S. The zero-order valence-electron chi connectivity index (χ0n) is 27.6. The molecule has 0 bridgehead atoms. The van der Waals surface area contributed by atoms with Crippen molar-refractivity contribution in [2.75, 3.05) is 38.7 Å². The van der Waals surface area contributed by atoms with E-state index < -0.39 is 28.2 Å². The fourth-order valence-electron chi connectivity index (χ4n) is 5.13. The summed E-state index contributed by atoms with van der Waals surface area (Å²) < 4.78 is 40.7. The van der Waals surface area contributed by atoms with Crippen molar-refractivity contribution in [3.8, 4) is 5.75 Å². The van der Waals surface area contributed by atoms with Crippen LogP contribution in [0.5, 0.6) is 5.75 Å². The van der Waals surface area contributed by atoms with Crippen LogP contribution < -0.4 is 15.4 Å². The van der Waals surface area contributed by atoms with E-state index in [1.54, 1.807) is 54.3 Å². The Kier molecular flexibility index (Phi) is 13.2. The zero-order valence-corrected chi connectivity index (χ0v) is 28.4. The molecule has 1 aliphatic heterocycles. The first-order chi connectivity index (χ1) is 21.2. The molecule has 2 aromatic carbocycles. The quantitative estimate of drug-likeness (QED) is 0.380. The number of aliphatic hydroxyl groups is 1. The lowest BCUT2D eigenvalue weighted by molar-refractivity contribution is -0.00833. The number of amides is 3. The molecule has 3 rings (SSSR count). The van der Waals surface area contributed by atoms with Crippen LogP contribution in [0, 0.1) is 12.8 Å². The maximum atomic E-state index is 14.2. The van der Waals surface area contributed by atoms with Crippen LogP contribution in [0.4, 0.5) is 10.5 Å². The number of anilines is 1. The number of aliphatic hydroxyl groups excluding tert-OH is 1. The van der Waals surface area contributed by atoms with Crippen LogP contribution in [-0.4, -0.2) is 92.3 Å². The van der Waals surface area contributed by atoms with Gasteiger partial charge < -0.3 is 30.1 Å². The lowest BCUT2D eigenvalue weighted by atomic mass is 10.0. The summed E-state index contributed by atoms with van der Waals surface area (Å²) in [4.78, 5) is 28.4. The molecule has 0 unspecified atom stereocenters. The summed E-state index contributed by atoms with van der Waals surface area (Å²) >= 11 is 0. The summed E-state index contributed by atoms with van der Waals surface area (Å²) in [5.74, 6) is -0.295. The molecule has 0 spiro atoms. The number of hydrogen-bond acceptors (Lipinski definition) is 7. The fourth-order valence-corrected chi connectivity index (χ4v) is 6.32. The highest BCUT2D eigenvalue weighted by Gasteiger charge is 2.32. The SMILES string of the molecule is Cc1ccc(S(=O)(=O)N(C)C[C@H]2OCCCC[C@@H](C)Oc3ccc(NC(=O)NC(C)C)cc3C(=O)N([C@H](C)CO)C[C@@H]2C)cc1. The minimum atomic E-state index is -3.78. The third-order valence-corrected chi connectivity index (χ3v) is 9.73. The predicted molar refractivity (Wildman–Crippen MR) is 175 cm³/mol. The van der Waals surface area contributed by atoms with Crippen LogP contribution in [-0.2, 0) is 14.8 Å². The summed E-state index contributed by atoms with van der Waals surface area (Å²) in [7, 11) is -2.24. The molecule has 1 heterocycles. The molecule has 0 saturated heterocycles. The standard InChI is InChI=1S/C33H50N4O7S/c1-22(2)34-33(40)35-27-13-16-30-29(18-27)32(39)37(25(5)21-38)19-24(4)31(43-17-9-8-10-26(6)44-30)20-36(7)45(41,42)28-14-11-23(3)12-15-28/h11-16,18,22,24-26,31,38H,8-10,17,19-21H2,1-7H3,(H2,34,35,40)/t24-,25+,26+,31+/m0/s1. The van der Waals surface area contributed by atoms with Gasteiger partial charge >= 0.3 is 6.03 Å². The van der Waals surface area contributed by atoms with Crippen molar-refractivity contribution < 1.29 is 32.6 Å². The molecule has 250 valence electrons. The number of aryl methyl sites for hydroxylation is 1. The first-order valence-electron chi connectivity index (χ1n) is 15.7. The molecule has 0 aromatic heterocycles. The van der Waals surface area contributed by atoms with E-state index in [-0.39, 0.29) is 54.1 Å². The number of sulfonamides is 1. The maximum absolute atomic E-state index is 14.2. The lowest BCUT2D eigenvalue weighted by Crippen LogP contribution is -2.48. The number of rotatable bonds is 8. The van der Waals surface area contributed by atoms with Crippen LogP contribution in [0.15, 0.2) is 47.4 Å². The summed E-state index contributed by atoms with van der Waals surface area (Å²) in [6.07, 6.45) is 1.55. The fraction of sp³-hybridized carbons (Fsp3) is 0.576. The van der Waals surface area contributed by atoms with E-state index in [1.165, 1.54) is 11.4 Å². The van der Waals surface area contributed by atoms with Gasteiger partial charge in [-0.25, -0.2) is 13.2 Å². The van der Waals surface area contributed by atoms with E-state index in [1.807, 2.05) is 34.6 Å². The van der Waals surface area contributed by atoms with E-state index in [9.17, 15) is 23.1 Å². The lowest BCUT2D eigenvalue weighted by Gasteiger charge is -2.35. The largest absolute Gasteiger partial charge is 0.490 e. The summed E-state index contributed by atoms with van der Waals surface area (Å²) in [6.45, 7) is 11.6. The third kappa shape index (κ3) is 10.2. The summed E-state index contributed by atoms with van der Waals surface area (Å²) in [5, 5.41) is 15.7. The highest BCUT2D eigenvalue weighted by Crippen LogP contribution is 2.29. The van der Waals surface area contributed by atoms with Crippen molar-refractivity contribution in [2.45, 2.75) is 90.0 Å². The van der Waals surface area contributed by atoms with Crippen molar-refractivity contribution in [1.82, 2.24) is 14.5 Å². The number of urea groups is 1. The molecule has 1 aliphatic rings. The number of benzene rings is 2. The van der Waals surface area contributed by atoms with Crippen molar-refractivity contribution in [2.24, 2.45) is 5.92 Å². The van der Waals surface area contributed by atoms with E-state index >= 15 is 0 Å². The molecule has 0 radical (unpaired) electrons. The van der Waals surface area contributed by atoms with Crippen LogP contribution in [0.25, 0.3) is 0 Å². The Morgan fingerprint density at radius 1 is 1.11 bits per heavy atom. The highest BCUT2D eigenvalue weighted by molar-refractivity contribution is 7.89. The van der Waals surface area contributed by atoms with Gasteiger partial charge in [-0.1, -0.05) is 24.6 Å². The van der Waals surface area contributed by atoms with Gasteiger partial charge in [0.05, 0.1) is 35.3 Å². The summed E-state index contributed by atoms with van der Waals surface area (Å²) in [5.41, 5.74) is 1.64. The molecule has 0 aliphatic carbocycles. The number of carbonyl (C=O) groups excluding carboxylic acids is 2. The van der Waals surface area contributed by atoms with Gasteiger partial charge in [0.25, 0.3) is 5.91 Å². The average molecular weight is 647 g/mol. The first kappa shape index (κ1) is 36.3. The van der Waals surface area contributed by atoms with Gasteiger partial charge in [-0.2, -0.15) is 4.31 Å². The number of likely N-dealkylation sites (N-methyl/N-ethyl adjacent to an activating group) is 1. The molecule has 0 fully saturated rings. The minimum absolute atomic E-state index is 0.0726. The Bertz CT molecular complexity index is 1380. The Hall–Kier alpha value is -3.19. The zero-order chi connectivity index (χ0) is 33.3. The Labute approximate surface area is 268 Å². The second kappa shape index (κ2) is 16.4.